The molecule has 1 aliphatic heterocycles. The molecule has 0 fully saturated rings. The normalized spacial score (nSPS) is 13.2. The van der Waals surface area contributed by atoms with E-state index in [2.05, 4.69) is 193 Å². The summed E-state index contributed by atoms with van der Waals surface area (Å²) in [6.07, 6.45) is 0. The summed E-state index contributed by atoms with van der Waals surface area (Å²) in [5.41, 5.74) is 15.4. The molecule has 286 valence electrons. The second-order valence-electron chi connectivity index (χ2n) is 16.0. The van der Waals surface area contributed by atoms with Crippen LogP contribution >= 0.6 is 0 Å². The molecule has 1 aliphatic carbocycles. The van der Waals surface area contributed by atoms with Crippen LogP contribution in [0.4, 0.5) is 17.1 Å². The predicted molar refractivity (Wildman–Crippen MR) is 246 cm³/mol. The molecular weight excluding hydrogens is 747 g/mol. The van der Waals surface area contributed by atoms with Crippen molar-refractivity contribution in [3.8, 4) is 44.9 Å². The van der Waals surface area contributed by atoms with Crippen LogP contribution in [0.25, 0.3) is 66.3 Å². The second kappa shape index (κ2) is 13.0. The van der Waals surface area contributed by atoms with Gasteiger partial charge in [0.2, 0.25) is 0 Å². The first-order chi connectivity index (χ1) is 30.2. The van der Waals surface area contributed by atoms with Crippen LogP contribution in [0.15, 0.2) is 221 Å². The van der Waals surface area contributed by atoms with Gasteiger partial charge in [-0.05, 0) is 99.1 Å². The van der Waals surface area contributed by atoms with E-state index in [0.29, 0.717) is 0 Å². The predicted octanol–water partition coefficient (Wildman–Crippen LogP) is 15.6. The van der Waals surface area contributed by atoms with Crippen LogP contribution < -0.4 is 9.64 Å². The van der Waals surface area contributed by atoms with Gasteiger partial charge in [0, 0.05) is 39.5 Å². The number of para-hydroxylation sites is 2. The summed E-state index contributed by atoms with van der Waals surface area (Å²) in [4.78, 5) is 2.32. The van der Waals surface area contributed by atoms with E-state index in [1.54, 1.807) is 0 Å². The molecule has 4 nitrogen and oxygen atoms in total. The molecule has 4 heteroatoms. The van der Waals surface area contributed by atoms with Gasteiger partial charge < -0.3 is 18.5 Å². The van der Waals surface area contributed by atoms with Crippen molar-refractivity contribution in [2.75, 3.05) is 4.90 Å². The minimum absolute atomic E-state index is 0.717. The van der Waals surface area contributed by atoms with E-state index < -0.39 is 5.41 Å². The summed E-state index contributed by atoms with van der Waals surface area (Å²) in [7, 11) is 0. The summed E-state index contributed by atoms with van der Waals surface area (Å²) in [6, 6.07) is 75.3. The van der Waals surface area contributed by atoms with Crippen LogP contribution in [0, 0.1) is 0 Å². The quantitative estimate of drug-likeness (QED) is 0.174. The van der Waals surface area contributed by atoms with E-state index in [1.807, 2.05) is 24.3 Å². The lowest BCUT2D eigenvalue weighted by Gasteiger charge is -2.37. The zero-order chi connectivity index (χ0) is 40.1. The fraction of sp³-hybridized carbons (Fsp3) is 0.0175. The van der Waals surface area contributed by atoms with Crippen molar-refractivity contribution < 1.29 is 13.6 Å². The molecule has 0 amide bonds. The second-order valence-corrected chi connectivity index (χ2v) is 16.0. The van der Waals surface area contributed by atoms with Crippen molar-refractivity contribution in [2.24, 2.45) is 0 Å². The molecule has 0 saturated heterocycles. The van der Waals surface area contributed by atoms with E-state index in [-0.39, 0.29) is 0 Å². The van der Waals surface area contributed by atoms with Crippen LogP contribution in [-0.2, 0) is 5.41 Å². The molecule has 0 saturated carbocycles. The molecule has 0 atom stereocenters. The summed E-state index contributed by atoms with van der Waals surface area (Å²) in [5, 5.41) is 3.11. The molecule has 3 heterocycles. The number of furan rings is 2. The Balaban J connectivity index is 0.997. The van der Waals surface area contributed by atoms with Crippen molar-refractivity contribution >= 4 is 50.0 Å². The Kier molecular flexibility index (Phi) is 7.19. The lowest BCUT2D eigenvalue weighted by Crippen LogP contribution is -2.31. The van der Waals surface area contributed by atoms with Gasteiger partial charge in [0.15, 0.2) is 11.5 Å². The highest BCUT2D eigenvalue weighted by Crippen LogP contribution is 2.64. The number of rotatable bonds is 5. The minimum atomic E-state index is -0.717. The average Bonchev–Trinajstić information content (AvgIpc) is 3.99. The van der Waals surface area contributed by atoms with Crippen LogP contribution in [0.5, 0.6) is 11.5 Å². The standard InChI is InChI=1S/C57H35NO3/c1-2-12-36(13-3-1)37-22-24-38(25-23-37)39-26-28-40(29-27-39)58(41-31-33-53-47(34-41)45-16-6-10-20-51(45)59-53)42-30-32-50-54(35-42)60-55-46-17-7-11-21-52(46)61-56(55)57(50)48-18-8-4-14-43(48)44-15-5-9-19-49(44)57/h1-35H. The Labute approximate surface area is 352 Å². The molecular formula is C57H35NO3. The Morgan fingerprint density at radius 3 is 1.56 bits per heavy atom. The highest BCUT2D eigenvalue weighted by Gasteiger charge is 2.54. The monoisotopic (exact) mass is 781 g/mol. The molecule has 0 N–H and O–H groups in total. The van der Waals surface area contributed by atoms with Gasteiger partial charge in [0.1, 0.15) is 27.9 Å². The molecule has 1 spiro atoms. The fourth-order valence-electron chi connectivity index (χ4n) is 10.0. The highest BCUT2D eigenvalue weighted by atomic mass is 16.5. The summed E-state index contributed by atoms with van der Waals surface area (Å²) >= 11 is 0. The molecule has 0 unspecified atom stereocenters. The van der Waals surface area contributed by atoms with Crippen LogP contribution in [0.3, 0.4) is 0 Å². The number of hydrogen-bond donors (Lipinski definition) is 0. The first kappa shape index (κ1) is 33.8. The van der Waals surface area contributed by atoms with Gasteiger partial charge in [-0.1, -0.05) is 152 Å². The summed E-state index contributed by atoms with van der Waals surface area (Å²) < 4.78 is 20.3. The molecule has 2 aliphatic rings. The zero-order valence-electron chi connectivity index (χ0n) is 32.9. The maximum atomic E-state index is 7.11. The molecule has 13 rings (SSSR count). The minimum Gasteiger partial charge on any atom is -0.456 e. The molecule has 9 aromatic carbocycles. The van der Waals surface area contributed by atoms with Gasteiger partial charge in [-0.3, -0.25) is 0 Å². The van der Waals surface area contributed by atoms with Gasteiger partial charge in [0.05, 0.1) is 5.39 Å². The summed E-state index contributed by atoms with van der Waals surface area (Å²) in [5.74, 6) is 2.36. The van der Waals surface area contributed by atoms with Crippen molar-refractivity contribution in [2.45, 2.75) is 5.41 Å². The third kappa shape index (κ3) is 4.93. The van der Waals surface area contributed by atoms with E-state index >= 15 is 0 Å². The van der Waals surface area contributed by atoms with Crippen LogP contribution in [0.2, 0.25) is 0 Å². The molecule has 11 aromatic rings. The molecule has 0 bridgehead atoms. The molecule has 61 heavy (non-hydrogen) atoms. The lowest BCUT2D eigenvalue weighted by atomic mass is 9.69. The Morgan fingerprint density at radius 1 is 0.344 bits per heavy atom. The molecule has 2 aromatic heterocycles. The largest absolute Gasteiger partial charge is 0.456 e. The average molecular weight is 782 g/mol. The van der Waals surface area contributed by atoms with Crippen molar-refractivity contribution in [1.29, 1.82) is 0 Å². The van der Waals surface area contributed by atoms with Crippen LogP contribution in [0.1, 0.15) is 22.5 Å². The zero-order valence-corrected chi connectivity index (χ0v) is 32.9. The number of hydrogen-bond acceptors (Lipinski definition) is 4. The topological polar surface area (TPSA) is 38.8 Å². The van der Waals surface area contributed by atoms with Gasteiger partial charge in [-0.15, -0.1) is 0 Å². The number of benzene rings is 9. The fourth-order valence-corrected chi connectivity index (χ4v) is 10.0. The van der Waals surface area contributed by atoms with Gasteiger partial charge in [-0.2, -0.15) is 0 Å². The Morgan fingerprint density at radius 2 is 0.852 bits per heavy atom. The number of ether oxygens (including phenoxy) is 1. The number of fused-ring (bicyclic) bond motifs is 14. The van der Waals surface area contributed by atoms with Gasteiger partial charge in [-0.25, -0.2) is 0 Å². The summed E-state index contributed by atoms with van der Waals surface area (Å²) in [6.45, 7) is 0. The third-order valence-corrected chi connectivity index (χ3v) is 12.8. The first-order valence-corrected chi connectivity index (χ1v) is 20.7. The maximum absolute atomic E-state index is 7.11. The van der Waals surface area contributed by atoms with Crippen molar-refractivity contribution in [3.05, 3.63) is 235 Å². The molecule has 0 radical (unpaired) electrons. The van der Waals surface area contributed by atoms with E-state index in [4.69, 9.17) is 13.6 Å². The number of nitrogens with zero attached hydrogens (tertiary/aromatic N) is 1. The SMILES string of the molecule is c1ccc(-c2ccc(-c3ccc(N(c4ccc5c(c4)Oc4c(oc6ccccc46)C54c5ccccc5-c5ccccc54)c4ccc5oc6ccccc6c5c4)cc3)cc2)cc1. The number of anilines is 3. The third-order valence-electron chi connectivity index (χ3n) is 12.8. The van der Waals surface area contributed by atoms with E-state index in [9.17, 15) is 0 Å². The van der Waals surface area contributed by atoms with Crippen LogP contribution in [-0.4, -0.2) is 0 Å². The smallest absolute Gasteiger partial charge is 0.178 e. The highest BCUT2D eigenvalue weighted by molar-refractivity contribution is 6.06. The van der Waals surface area contributed by atoms with Gasteiger partial charge >= 0.3 is 0 Å². The Hall–Kier alpha value is -8.08. The van der Waals surface area contributed by atoms with Crippen molar-refractivity contribution in [3.63, 3.8) is 0 Å². The maximum Gasteiger partial charge on any atom is 0.178 e. The van der Waals surface area contributed by atoms with E-state index in [0.717, 1.165) is 83.9 Å². The van der Waals surface area contributed by atoms with Crippen molar-refractivity contribution in [1.82, 2.24) is 0 Å². The Bertz CT molecular complexity index is 3460. The van der Waals surface area contributed by atoms with E-state index in [1.165, 1.54) is 33.4 Å². The lowest BCUT2D eigenvalue weighted by molar-refractivity contribution is 0.389. The van der Waals surface area contributed by atoms with Gasteiger partial charge in [0.25, 0.3) is 0 Å². The first-order valence-electron chi connectivity index (χ1n) is 20.7.